The van der Waals surface area contributed by atoms with Gasteiger partial charge in [-0.1, -0.05) is 41.7 Å². The van der Waals surface area contributed by atoms with Gasteiger partial charge >= 0.3 is 0 Å². The van der Waals surface area contributed by atoms with Gasteiger partial charge in [0, 0.05) is 5.56 Å². The van der Waals surface area contributed by atoms with Crippen LogP contribution < -0.4 is 19.6 Å². The van der Waals surface area contributed by atoms with Crippen molar-refractivity contribution in [2.24, 2.45) is 10.9 Å². The molecule has 29 heavy (non-hydrogen) atoms. The first-order valence-corrected chi connectivity index (χ1v) is 10.1. The van der Waals surface area contributed by atoms with Gasteiger partial charge in [-0.25, -0.2) is 9.38 Å². The van der Waals surface area contributed by atoms with E-state index in [4.69, 9.17) is 9.73 Å². The second-order valence-corrected chi connectivity index (χ2v) is 8.47. The van der Waals surface area contributed by atoms with Gasteiger partial charge in [0.1, 0.15) is 23.3 Å². The highest BCUT2D eigenvalue weighted by molar-refractivity contribution is 7.07. The molecule has 3 heterocycles. The summed E-state index contributed by atoms with van der Waals surface area (Å²) >= 11 is 1.25. The van der Waals surface area contributed by atoms with E-state index in [1.54, 1.807) is 29.7 Å². The number of rotatable bonds is 2. The van der Waals surface area contributed by atoms with Crippen LogP contribution in [0.2, 0.25) is 0 Å². The number of Topliss-reactive ketones (excluding diaryl/α,β-unsaturated/α-hetero) is 1. The number of carbonyl (C=O) groups is 1. The number of thiazole rings is 1. The fourth-order valence-corrected chi connectivity index (χ4v) is 5.37. The first-order valence-electron chi connectivity index (χ1n) is 9.24. The third kappa shape index (κ3) is 2.68. The van der Waals surface area contributed by atoms with Crippen LogP contribution >= 0.6 is 11.3 Å². The number of nitrogens with zero attached hydrogens (tertiary/aromatic N) is 2. The molecule has 0 amide bonds. The largest absolute Gasteiger partial charge is 0.465 e. The van der Waals surface area contributed by atoms with Crippen LogP contribution in [0.4, 0.5) is 4.39 Å². The number of para-hydroxylation sites is 1. The third-order valence-corrected chi connectivity index (χ3v) is 6.47. The topological polar surface area (TPSA) is 60.7 Å². The summed E-state index contributed by atoms with van der Waals surface area (Å²) in [5, 5.41) is 0. The Morgan fingerprint density at radius 2 is 1.97 bits per heavy atom. The molecule has 5 rings (SSSR count). The number of halogens is 1. The Morgan fingerprint density at radius 1 is 1.24 bits per heavy atom. The van der Waals surface area contributed by atoms with Gasteiger partial charge in [0.25, 0.3) is 5.56 Å². The zero-order valence-electron chi connectivity index (χ0n) is 15.8. The van der Waals surface area contributed by atoms with E-state index >= 15 is 0 Å². The van der Waals surface area contributed by atoms with Crippen molar-refractivity contribution in [1.82, 2.24) is 4.57 Å². The van der Waals surface area contributed by atoms with Gasteiger partial charge in [-0.15, -0.1) is 0 Å². The Balaban J connectivity index is 1.80. The molecule has 146 valence electrons. The quantitative estimate of drug-likeness (QED) is 0.654. The monoisotopic (exact) mass is 408 g/mol. The van der Waals surface area contributed by atoms with E-state index in [0.717, 1.165) is 11.1 Å². The maximum Gasteiger partial charge on any atom is 0.270 e. The molecule has 2 aromatic carbocycles. The molecule has 0 saturated heterocycles. The van der Waals surface area contributed by atoms with Crippen LogP contribution in [0.3, 0.4) is 0 Å². The second kappa shape index (κ2) is 6.22. The SMILES string of the molecule is CC(=O)[C@H]1[C@H]2c3ccccc3O[C@@]1(C)N=c1s/c(=C\c3ccc(F)cc3)c(=O)n12. The average molecular weight is 408 g/mol. The summed E-state index contributed by atoms with van der Waals surface area (Å²) in [5.74, 6) is -0.382. The molecule has 1 aromatic heterocycles. The van der Waals surface area contributed by atoms with Gasteiger partial charge in [-0.3, -0.25) is 14.2 Å². The number of carbonyl (C=O) groups excluding carboxylic acids is 1. The molecule has 0 aliphatic carbocycles. The van der Waals surface area contributed by atoms with Gasteiger partial charge in [-0.2, -0.15) is 0 Å². The second-order valence-electron chi connectivity index (χ2n) is 7.46. The fourth-order valence-electron chi connectivity index (χ4n) is 4.27. The molecular weight excluding hydrogens is 391 g/mol. The first kappa shape index (κ1) is 18.0. The van der Waals surface area contributed by atoms with Crippen molar-refractivity contribution in [3.05, 3.63) is 85.2 Å². The van der Waals surface area contributed by atoms with Crippen molar-refractivity contribution in [2.45, 2.75) is 25.6 Å². The molecule has 2 aliphatic heterocycles. The first-order chi connectivity index (χ1) is 13.9. The number of ketones is 1. The summed E-state index contributed by atoms with van der Waals surface area (Å²) in [7, 11) is 0. The van der Waals surface area contributed by atoms with Crippen LogP contribution in [0.5, 0.6) is 5.75 Å². The lowest BCUT2D eigenvalue weighted by Gasteiger charge is -2.45. The van der Waals surface area contributed by atoms with Gasteiger partial charge in [-0.05, 0) is 43.7 Å². The van der Waals surface area contributed by atoms with E-state index in [1.807, 2.05) is 24.3 Å². The van der Waals surface area contributed by atoms with Crippen LogP contribution in [-0.2, 0) is 4.79 Å². The summed E-state index contributed by atoms with van der Waals surface area (Å²) in [6, 6.07) is 12.9. The van der Waals surface area contributed by atoms with Crippen molar-refractivity contribution in [1.29, 1.82) is 0 Å². The van der Waals surface area contributed by atoms with Gasteiger partial charge in [0.2, 0.25) is 5.72 Å². The summed E-state index contributed by atoms with van der Waals surface area (Å²) in [6.45, 7) is 3.30. The van der Waals surface area contributed by atoms with Crippen molar-refractivity contribution >= 4 is 23.2 Å². The summed E-state index contributed by atoms with van der Waals surface area (Å²) in [5.41, 5.74) is 0.231. The lowest BCUT2D eigenvalue weighted by atomic mass is 9.79. The molecule has 0 spiro atoms. The molecule has 7 heteroatoms. The maximum absolute atomic E-state index is 13.3. The standard InChI is InChI=1S/C22H17FN2O3S/c1-12(26)18-19-15-5-3-4-6-16(15)28-22(18,2)24-21-25(19)20(27)17(29-21)11-13-7-9-14(23)10-8-13/h3-11,18-19H,1-2H3/b17-11-/t18-,19+,22+/m0/s1. The lowest BCUT2D eigenvalue weighted by Crippen LogP contribution is -2.58. The summed E-state index contributed by atoms with van der Waals surface area (Å²) < 4.78 is 21.4. The Morgan fingerprint density at radius 3 is 2.69 bits per heavy atom. The molecule has 0 radical (unpaired) electrons. The van der Waals surface area contributed by atoms with E-state index in [1.165, 1.54) is 30.4 Å². The summed E-state index contributed by atoms with van der Waals surface area (Å²) in [6.07, 6.45) is 1.72. The Bertz CT molecular complexity index is 1330. The van der Waals surface area contributed by atoms with Crippen molar-refractivity contribution in [3.8, 4) is 5.75 Å². The van der Waals surface area contributed by atoms with Crippen molar-refractivity contribution in [2.75, 3.05) is 0 Å². The summed E-state index contributed by atoms with van der Waals surface area (Å²) in [4.78, 5) is 31.1. The predicted molar refractivity (Wildman–Crippen MR) is 107 cm³/mol. The van der Waals surface area contributed by atoms with Crippen LogP contribution in [0.15, 0.2) is 58.3 Å². The van der Waals surface area contributed by atoms with Crippen LogP contribution in [0.25, 0.3) is 6.08 Å². The van der Waals surface area contributed by atoms with Gasteiger partial charge in [0.15, 0.2) is 4.80 Å². The molecule has 3 aromatic rings. The molecule has 5 nitrogen and oxygen atoms in total. The maximum atomic E-state index is 13.3. The highest BCUT2D eigenvalue weighted by atomic mass is 32.1. The number of hydrogen-bond donors (Lipinski definition) is 0. The minimum Gasteiger partial charge on any atom is -0.465 e. The molecule has 2 aliphatic rings. The smallest absolute Gasteiger partial charge is 0.270 e. The van der Waals surface area contributed by atoms with Crippen LogP contribution in [0.1, 0.15) is 31.0 Å². The molecular formula is C22H17FN2O3S. The number of fused-ring (bicyclic) bond motifs is 6. The van der Waals surface area contributed by atoms with E-state index in [0.29, 0.717) is 15.1 Å². The molecule has 2 bridgehead atoms. The normalized spacial score (nSPS) is 24.9. The highest BCUT2D eigenvalue weighted by Crippen LogP contribution is 2.47. The Kier molecular flexibility index (Phi) is 3.86. The number of benzene rings is 2. The average Bonchev–Trinajstić information content (AvgIpc) is 2.96. The minimum atomic E-state index is -1.07. The molecule has 0 unspecified atom stereocenters. The van der Waals surface area contributed by atoms with Crippen molar-refractivity contribution < 1.29 is 13.9 Å². The third-order valence-electron chi connectivity index (χ3n) is 5.49. The molecule has 0 fully saturated rings. The number of aromatic nitrogens is 1. The van der Waals surface area contributed by atoms with Gasteiger partial charge < -0.3 is 4.74 Å². The minimum absolute atomic E-state index is 0.0800. The Hall–Kier alpha value is -3.06. The fraction of sp³-hybridized carbons (Fsp3) is 0.227. The van der Waals surface area contributed by atoms with Crippen LogP contribution in [0, 0.1) is 11.7 Å². The predicted octanol–water partition coefficient (Wildman–Crippen LogP) is 2.41. The van der Waals surface area contributed by atoms with E-state index in [2.05, 4.69) is 0 Å². The zero-order valence-corrected chi connectivity index (χ0v) is 16.6. The highest BCUT2D eigenvalue weighted by Gasteiger charge is 2.53. The lowest BCUT2D eigenvalue weighted by molar-refractivity contribution is -0.132. The Labute approximate surface area is 169 Å². The number of hydrogen-bond acceptors (Lipinski definition) is 5. The van der Waals surface area contributed by atoms with E-state index in [9.17, 15) is 14.0 Å². The molecule has 0 saturated carbocycles. The van der Waals surface area contributed by atoms with E-state index in [-0.39, 0.29) is 17.2 Å². The molecule has 0 N–H and O–H groups in total. The zero-order chi connectivity index (χ0) is 20.3. The number of ether oxygens (including phenoxy) is 1. The van der Waals surface area contributed by atoms with Gasteiger partial charge in [0.05, 0.1) is 10.6 Å². The van der Waals surface area contributed by atoms with Crippen LogP contribution in [-0.4, -0.2) is 16.1 Å². The van der Waals surface area contributed by atoms with E-state index < -0.39 is 17.7 Å². The van der Waals surface area contributed by atoms with Crippen molar-refractivity contribution in [3.63, 3.8) is 0 Å². The molecule has 3 atom stereocenters.